The fourth-order valence-corrected chi connectivity index (χ4v) is 1.72. The van der Waals surface area contributed by atoms with Gasteiger partial charge >= 0.3 is 0 Å². The van der Waals surface area contributed by atoms with Gasteiger partial charge in [-0.2, -0.15) is 0 Å². The number of rotatable bonds is 5. The molecule has 0 unspecified atom stereocenters. The number of nitrogens with zero attached hydrogens (tertiary/aromatic N) is 2. The summed E-state index contributed by atoms with van der Waals surface area (Å²) >= 11 is 0. The van der Waals surface area contributed by atoms with E-state index in [4.69, 9.17) is 4.74 Å². The number of nitrogens with one attached hydrogen (secondary N) is 1. The number of aryl methyl sites for hydroxylation is 1. The van der Waals surface area contributed by atoms with Gasteiger partial charge in [-0.05, 0) is 6.07 Å². The first kappa shape index (κ1) is 11.7. The lowest BCUT2D eigenvalue weighted by Gasteiger charge is -2.11. The molecular formula is C13H17N3O. The third kappa shape index (κ3) is 2.85. The fraction of sp³-hybridized carbons (Fsp3) is 0.308. The second-order valence-corrected chi connectivity index (χ2v) is 3.90. The van der Waals surface area contributed by atoms with E-state index >= 15 is 0 Å². The van der Waals surface area contributed by atoms with Crippen LogP contribution in [0.15, 0.2) is 36.7 Å². The Bertz CT molecular complexity index is 479. The van der Waals surface area contributed by atoms with Crippen molar-refractivity contribution in [3.05, 3.63) is 48.0 Å². The van der Waals surface area contributed by atoms with Crippen LogP contribution >= 0.6 is 0 Å². The van der Waals surface area contributed by atoms with E-state index in [1.165, 1.54) is 0 Å². The quantitative estimate of drug-likeness (QED) is 0.857. The van der Waals surface area contributed by atoms with E-state index in [-0.39, 0.29) is 0 Å². The Kier molecular flexibility index (Phi) is 3.77. The van der Waals surface area contributed by atoms with E-state index in [1.807, 2.05) is 29.9 Å². The zero-order valence-corrected chi connectivity index (χ0v) is 10.2. The van der Waals surface area contributed by atoms with Gasteiger partial charge in [0.25, 0.3) is 0 Å². The van der Waals surface area contributed by atoms with E-state index in [0.717, 1.165) is 17.1 Å². The molecule has 1 aromatic heterocycles. The van der Waals surface area contributed by atoms with Crippen LogP contribution in [0.1, 0.15) is 11.4 Å². The zero-order valence-electron chi connectivity index (χ0n) is 10.2. The van der Waals surface area contributed by atoms with Gasteiger partial charge in [0.05, 0.1) is 13.2 Å². The highest BCUT2D eigenvalue weighted by atomic mass is 16.5. The van der Waals surface area contributed by atoms with Crippen LogP contribution in [-0.2, 0) is 24.9 Å². The maximum atomic E-state index is 5.17. The van der Waals surface area contributed by atoms with Gasteiger partial charge < -0.3 is 14.6 Å². The lowest BCUT2D eigenvalue weighted by Crippen LogP contribution is -2.07. The number of para-hydroxylation sites is 1. The van der Waals surface area contributed by atoms with Crippen LogP contribution in [0, 0.1) is 0 Å². The van der Waals surface area contributed by atoms with Gasteiger partial charge in [0.15, 0.2) is 0 Å². The third-order valence-electron chi connectivity index (χ3n) is 2.68. The summed E-state index contributed by atoms with van der Waals surface area (Å²) in [5, 5.41) is 3.38. The summed E-state index contributed by atoms with van der Waals surface area (Å²) in [5.74, 6) is 1.01. The molecule has 4 heteroatoms. The van der Waals surface area contributed by atoms with Crippen molar-refractivity contribution in [2.45, 2.75) is 13.2 Å². The maximum absolute atomic E-state index is 5.17. The Morgan fingerprint density at radius 1 is 1.35 bits per heavy atom. The molecule has 0 saturated heterocycles. The average molecular weight is 231 g/mol. The molecule has 0 aliphatic heterocycles. The summed E-state index contributed by atoms with van der Waals surface area (Å²) in [5.41, 5.74) is 2.25. The van der Waals surface area contributed by atoms with Crippen LogP contribution in [0.25, 0.3) is 0 Å². The van der Waals surface area contributed by atoms with Crippen molar-refractivity contribution >= 4 is 5.69 Å². The number of benzene rings is 1. The molecule has 17 heavy (non-hydrogen) atoms. The van der Waals surface area contributed by atoms with Crippen molar-refractivity contribution in [2.24, 2.45) is 7.05 Å². The SMILES string of the molecule is COCc1ccccc1NCc1nccn1C. The van der Waals surface area contributed by atoms with Gasteiger partial charge in [-0.3, -0.25) is 0 Å². The molecule has 0 spiro atoms. The van der Waals surface area contributed by atoms with Crippen LogP contribution < -0.4 is 5.32 Å². The Morgan fingerprint density at radius 2 is 2.18 bits per heavy atom. The monoisotopic (exact) mass is 231 g/mol. The molecule has 2 rings (SSSR count). The van der Waals surface area contributed by atoms with Crippen molar-refractivity contribution in [3.8, 4) is 0 Å². The number of aromatic nitrogens is 2. The molecular weight excluding hydrogens is 214 g/mol. The zero-order chi connectivity index (χ0) is 12.1. The maximum Gasteiger partial charge on any atom is 0.127 e. The summed E-state index contributed by atoms with van der Waals surface area (Å²) in [4.78, 5) is 4.28. The van der Waals surface area contributed by atoms with E-state index in [9.17, 15) is 0 Å². The molecule has 4 nitrogen and oxygen atoms in total. The molecule has 90 valence electrons. The highest BCUT2D eigenvalue weighted by Gasteiger charge is 2.02. The molecule has 2 aromatic rings. The number of anilines is 1. The summed E-state index contributed by atoms with van der Waals surface area (Å²) in [6, 6.07) is 8.14. The standard InChI is InChI=1S/C13H17N3O/c1-16-8-7-14-13(16)9-15-12-6-4-3-5-11(12)10-17-2/h3-8,15H,9-10H2,1-2H3. The Balaban J connectivity index is 2.06. The van der Waals surface area contributed by atoms with E-state index < -0.39 is 0 Å². The molecule has 0 aliphatic carbocycles. The van der Waals surface area contributed by atoms with Crippen molar-refractivity contribution < 1.29 is 4.74 Å². The molecule has 0 fully saturated rings. The first-order chi connectivity index (χ1) is 8.31. The van der Waals surface area contributed by atoms with Gasteiger partial charge in [0.1, 0.15) is 5.82 Å². The van der Waals surface area contributed by atoms with Gasteiger partial charge in [0.2, 0.25) is 0 Å². The largest absolute Gasteiger partial charge is 0.380 e. The number of methoxy groups -OCH3 is 1. The molecule has 0 saturated carbocycles. The van der Waals surface area contributed by atoms with E-state index in [2.05, 4.69) is 22.4 Å². The number of ether oxygens (including phenoxy) is 1. The van der Waals surface area contributed by atoms with Crippen molar-refractivity contribution in [2.75, 3.05) is 12.4 Å². The van der Waals surface area contributed by atoms with Crippen molar-refractivity contribution in [1.82, 2.24) is 9.55 Å². The van der Waals surface area contributed by atoms with Gasteiger partial charge in [-0.25, -0.2) is 4.98 Å². The van der Waals surface area contributed by atoms with Crippen LogP contribution in [-0.4, -0.2) is 16.7 Å². The molecule has 0 atom stereocenters. The summed E-state index contributed by atoms with van der Waals surface area (Å²) in [6.45, 7) is 1.33. The molecule has 1 aromatic carbocycles. The van der Waals surface area contributed by atoms with Crippen molar-refractivity contribution in [1.29, 1.82) is 0 Å². The second kappa shape index (κ2) is 5.50. The molecule has 0 amide bonds. The minimum Gasteiger partial charge on any atom is -0.380 e. The number of hydrogen-bond acceptors (Lipinski definition) is 3. The highest BCUT2D eigenvalue weighted by Crippen LogP contribution is 2.16. The van der Waals surface area contributed by atoms with Crippen LogP contribution in [0.4, 0.5) is 5.69 Å². The smallest absolute Gasteiger partial charge is 0.127 e. The molecule has 1 heterocycles. The summed E-state index contributed by atoms with van der Waals surface area (Å²) in [6.07, 6.45) is 3.75. The topological polar surface area (TPSA) is 39.1 Å². The fourth-order valence-electron chi connectivity index (χ4n) is 1.72. The Hall–Kier alpha value is -1.81. The third-order valence-corrected chi connectivity index (χ3v) is 2.68. The predicted molar refractivity (Wildman–Crippen MR) is 67.7 cm³/mol. The van der Waals surface area contributed by atoms with Crippen LogP contribution in [0.2, 0.25) is 0 Å². The predicted octanol–water partition coefficient (Wildman–Crippen LogP) is 2.18. The highest BCUT2D eigenvalue weighted by molar-refractivity contribution is 5.50. The lowest BCUT2D eigenvalue weighted by atomic mass is 10.2. The first-order valence-corrected chi connectivity index (χ1v) is 5.58. The van der Waals surface area contributed by atoms with Crippen LogP contribution in [0.3, 0.4) is 0 Å². The minimum absolute atomic E-state index is 0.615. The van der Waals surface area contributed by atoms with Gasteiger partial charge in [-0.1, -0.05) is 18.2 Å². The Morgan fingerprint density at radius 3 is 2.88 bits per heavy atom. The number of hydrogen-bond donors (Lipinski definition) is 1. The first-order valence-electron chi connectivity index (χ1n) is 5.58. The summed E-state index contributed by atoms with van der Waals surface area (Å²) < 4.78 is 7.17. The number of imidazole rings is 1. The molecule has 0 aliphatic rings. The molecule has 0 radical (unpaired) electrons. The van der Waals surface area contributed by atoms with E-state index in [1.54, 1.807) is 13.3 Å². The van der Waals surface area contributed by atoms with Gasteiger partial charge in [0, 0.05) is 37.8 Å². The Labute approximate surface area is 101 Å². The minimum atomic E-state index is 0.615. The van der Waals surface area contributed by atoms with Gasteiger partial charge in [-0.15, -0.1) is 0 Å². The molecule has 0 bridgehead atoms. The second-order valence-electron chi connectivity index (χ2n) is 3.90. The lowest BCUT2D eigenvalue weighted by molar-refractivity contribution is 0.185. The van der Waals surface area contributed by atoms with Crippen molar-refractivity contribution in [3.63, 3.8) is 0 Å². The van der Waals surface area contributed by atoms with Crippen LogP contribution in [0.5, 0.6) is 0 Å². The summed E-state index contributed by atoms with van der Waals surface area (Å²) in [7, 11) is 3.70. The normalized spacial score (nSPS) is 10.5. The average Bonchev–Trinajstić information content (AvgIpc) is 2.74. The van der Waals surface area contributed by atoms with E-state index in [0.29, 0.717) is 13.2 Å². The molecule has 1 N–H and O–H groups in total.